The molecule has 1 aromatic carbocycles. The van der Waals surface area contributed by atoms with Gasteiger partial charge in [0.15, 0.2) is 0 Å². The molecule has 2 N–H and O–H groups in total. The molecule has 3 aliphatic rings. The van der Waals surface area contributed by atoms with Crippen LogP contribution in [0, 0.1) is 17.8 Å². The van der Waals surface area contributed by atoms with Crippen molar-refractivity contribution < 1.29 is 33.8 Å². The fourth-order valence-electron chi connectivity index (χ4n) is 7.59. The number of carbonyl (C=O) groups is 4. The van der Waals surface area contributed by atoms with Crippen molar-refractivity contribution in [3.8, 4) is 0 Å². The van der Waals surface area contributed by atoms with Gasteiger partial charge in [-0.2, -0.15) is 0 Å². The molecule has 1 spiro atoms. The van der Waals surface area contributed by atoms with Crippen LogP contribution in [0.25, 0.3) is 0 Å². The van der Waals surface area contributed by atoms with E-state index in [0.29, 0.717) is 18.4 Å². The summed E-state index contributed by atoms with van der Waals surface area (Å²) in [6, 6.07) is 7.29. The molecular weight excluding hydrogens is 666 g/mol. The first kappa shape index (κ1) is 36.8. The van der Waals surface area contributed by atoms with E-state index in [-0.39, 0.29) is 54.7 Å². The van der Waals surface area contributed by atoms with Crippen LogP contribution in [0.3, 0.4) is 0 Å². The van der Waals surface area contributed by atoms with Gasteiger partial charge in [0, 0.05) is 23.8 Å². The van der Waals surface area contributed by atoms with Crippen molar-refractivity contribution in [2.75, 3.05) is 19.7 Å². The van der Waals surface area contributed by atoms with E-state index in [1.54, 1.807) is 17.1 Å². The quantitative estimate of drug-likeness (QED) is 0.140. The highest BCUT2D eigenvalue weighted by Gasteiger charge is 2.77. The average molecular weight is 717 g/mol. The number of nitrogens with zero attached hydrogens (tertiary/aromatic N) is 2. The second-order valence-corrected chi connectivity index (χ2v) is 14.5. The van der Waals surface area contributed by atoms with Crippen LogP contribution in [-0.2, 0) is 28.7 Å². The number of fused-ring (bicyclic) bond motifs is 1. The first-order chi connectivity index (χ1) is 22.5. The molecule has 0 aromatic heterocycles. The van der Waals surface area contributed by atoms with Gasteiger partial charge in [-0.25, -0.2) is 0 Å². The van der Waals surface area contributed by atoms with E-state index in [1.165, 1.54) is 4.90 Å². The second-order valence-electron chi connectivity index (χ2n) is 13.3. The maximum Gasteiger partial charge on any atom is 0.313 e. The van der Waals surface area contributed by atoms with Crippen molar-refractivity contribution in [3.05, 3.63) is 61.2 Å². The van der Waals surface area contributed by atoms with Crippen molar-refractivity contribution in [1.82, 2.24) is 15.1 Å². The number of halogens is 1. The molecule has 10 nitrogen and oxygen atoms in total. The molecule has 258 valence electrons. The highest BCUT2D eigenvalue weighted by atomic mass is 79.9. The molecule has 4 rings (SSSR count). The Morgan fingerprint density at radius 3 is 2.51 bits per heavy atom. The lowest BCUT2D eigenvalue weighted by Crippen LogP contribution is -2.61. The van der Waals surface area contributed by atoms with Crippen molar-refractivity contribution in [3.63, 3.8) is 0 Å². The molecule has 47 heavy (non-hydrogen) atoms. The van der Waals surface area contributed by atoms with Crippen molar-refractivity contribution in [2.45, 2.75) is 101 Å². The number of aliphatic hydroxyl groups excluding tert-OH is 1. The molecular formula is C36H50BrN3O7. The number of allylic oxidation sites excluding steroid dienone is 1. The maximum absolute atomic E-state index is 14.7. The van der Waals surface area contributed by atoms with Crippen LogP contribution in [0.15, 0.2) is 55.6 Å². The number of aliphatic hydroxyl groups is 1. The Bertz CT molecular complexity index is 1310. The van der Waals surface area contributed by atoms with Gasteiger partial charge in [0.2, 0.25) is 17.7 Å². The molecule has 3 aliphatic heterocycles. The Kier molecular flexibility index (Phi) is 12.5. The zero-order valence-corrected chi connectivity index (χ0v) is 29.6. The predicted molar refractivity (Wildman–Crippen MR) is 182 cm³/mol. The third kappa shape index (κ3) is 7.22. The summed E-state index contributed by atoms with van der Waals surface area (Å²) in [5.41, 5.74) is -0.609. The zero-order chi connectivity index (χ0) is 34.5. The molecule has 0 aliphatic carbocycles. The SMILES string of the molecule is C=CCCC(=O)NC[C@H](OC(=O)[C@@H]1[C@H]2O[C@@]3(CC2Br)[C@H](C(=O)N(CC=C)C(C)CCC)N([C@@H](CO)C(C)C)C(=O)[C@@H]13)c1ccccc1. The van der Waals surface area contributed by atoms with Gasteiger partial charge in [0.05, 0.1) is 37.1 Å². The summed E-state index contributed by atoms with van der Waals surface area (Å²) >= 11 is 3.72. The number of alkyl halides is 1. The van der Waals surface area contributed by atoms with Crippen molar-refractivity contribution >= 4 is 39.6 Å². The Hall–Kier alpha value is -3.02. The first-order valence-corrected chi connectivity index (χ1v) is 17.7. The normalized spacial score (nSPS) is 28.0. The summed E-state index contributed by atoms with van der Waals surface area (Å²) in [6.07, 6.45) is 4.55. The van der Waals surface area contributed by atoms with Gasteiger partial charge in [0.1, 0.15) is 17.7 Å². The van der Waals surface area contributed by atoms with E-state index >= 15 is 0 Å². The lowest BCUT2D eigenvalue weighted by molar-refractivity contribution is -0.161. The van der Waals surface area contributed by atoms with Crippen LogP contribution < -0.4 is 5.32 Å². The number of hydrogen-bond donors (Lipinski definition) is 2. The van der Waals surface area contributed by atoms with E-state index in [0.717, 1.165) is 12.8 Å². The van der Waals surface area contributed by atoms with Crippen LogP contribution in [0.5, 0.6) is 0 Å². The van der Waals surface area contributed by atoms with Crippen molar-refractivity contribution in [1.29, 1.82) is 0 Å². The minimum absolute atomic E-state index is 0.0461. The van der Waals surface area contributed by atoms with Gasteiger partial charge in [0.25, 0.3) is 0 Å². The molecule has 3 saturated heterocycles. The number of amides is 3. The monoisotopic (exact) mass is 715 g/mol. The molecule has 0 radical (unpaired) electrons. The summed E-state index contributed by atoms with van der Waals surface area (Å²) in [5, 5.41) is 13.4. The number of rotatable bonds is 17. The molecule has 3 fully saturated rings. The van der Waals surface area contributed by atoms with Crippen LogP contribution in [0.2, 0.25) is 0 Å². The standard InChI is InChI=1S/C36H50BrN3O7/c1-7-10-17-28(42)38-20-27(24-15-12-11-13-16-24)46-35(45)29-30-33(43)40(26(21-41)22(4)5)32(36(30)19-25(37)31(29)47-36)34(44)39(18-9-3)23(6)14-8-2/h7,9,11-13,15-16,22-23,25-27,29-32,41H,1,3,8,10,14,17-21H2,2,4-6H3,(H,38,42)/t23?,25?,26-,27-,29-,30+,31-,32-,36+/m0/s1. The number of esters is 1. The van der Waals surface area contributed by atoms with E-state index in [9.17, 15) is 24.3 Å². The molecule has 3 amide bonds. The summed E-state index contributed by atoms with van der Waals surface area (Å²) < 4.78 is 12.8. The molecule has 1 aromatic rings. The second kappa shape index (κ2) is 15.9. The largest absolute Gasteiger partial charge is 0.455 e. The topological polar surface area (TPSA) is 125 Å². The molecule has 9 atom stereocenters. The maximum atomic E-state index is 14.7. The highest BCUT2D eigenvalue weighted by Crippen LogP contribution is 2.61. The Morgan fingerprint density at radius 1 is 1.21 bits per heavy atom. The number of nitrogens with one attached hydrogen (secondary N) is 1. The number of carbonyl (C=O) groups excluding carboxylic acids is 4. The average Bonchev–Trinajstić information content (AvgIpc) is 3.64. The fraction of sp³-hybridized carbons (Fsp3) is 0.611. The molecule has 2 bridgehead atoms. The molecule has 11 heteroatoms. The third-order valence-corrected chi connectivity index (χ3v) is 10.7. The predicted octanol–water partition coefficient (Wildman–Crippen LogP) is 4.32. The van der Waals surface area contributed by atoms with E-state index < -0.39 is 53.6 Å². The minimum atomic E-state index is -1.30. The van der Waals surface area contributed by atoms with E-state index in [2.05, 4.69) is 41.3 Å². The zero-order valence-electron chi connectivity index (χ0n) is 28.0. The Morgan fingerprint density at radius 2 is 1.91 bits per heavy atom. The van der Waals surface area contributed by atoms with Crippen LogP contribution in [0.4, 0.5) is 0 Å². The lowest BCUT2D eigenvalue weighted by atomic mass is 9.70. The first-order valence-electron chi connectivity index (χ1n) is 16.8. The van der Waals surface area contributed by atoms with Gasteiger partial charge in [-0.05, 0) is 37.7 Å². The van der Waals surface area contributed by atoms with Gasteiger partial charge in [-0.3, -0.25) is 19.2 Å². The molecule has 3 heterocycles. The third-order valence-electron chi connectivity index (χ3n) is 9.88. The number of hydrogen-bond acceptors (Lipinski definition) is 7. The molecule has 2 unspecified atom stereocenters. The Labute approximate surface area is 287 Å². The van der Waals surface area contributed by atoms with Gasteiger partial charge >= 0.3 is 5.97 Å². The van der Waals surface area contributed by atoms with Crippen LogP contribution >= 0.6 is 15.9 Å². The van der Waals surface area contributed by atoms with Crippen LogP contribution in [0.1, 0.15) is 71.5 Å². The fourth-order valence-corrected chi connectivity index (χ4v) is 8.54. The summed E-state index contributed by atoms with van der Waals surface area (Å²) in [6.45, 7) is 15.3. The lowest BCUT2D eigenvalue weighted by Gasteiger charge is -2.41. The van der Waals surface area contributed by atoms with Crippen LogP contribution in [-0.4, -0.2) is 93.0 Å². The summed E-state index contributed by atoms with van der Waals surface area (Å²) in [4.78, 5) is 59.0. The van der Waals surface area contributed by atoms with Gasteiger partial charge < -0.3 is 29.7 Å². The summed E-state index contributed by atoms with van der Waals surface area (Å²) in [5.74, 6) is -3.66. The number of benzene rings is 1. The summed E-state index contributed by atoms with van der Waals surface area (Å²) in [7, 11) is 0. The smallest absolute Gasteiger partial charge is 0.313 e. The van der Waals surface area contributed by atoms with Gasteiger partial charge in [-0.15, -0.1) is 13.2 Å². The Balaban J connectivity index is 1.72. The number of ether oxygens (including phenoxy) is 2. The van der Waals surface area contributed by atoms with Crippen molar-refractivity contribution in [2.24, 2.45) is 17.8 Å². The minimum Gasteiger partial charge on any atom is -0.455 e. The molecule has 0 saturated carbocycles. The number of likely N-dealkylation sites (tertiary alicyclic amines) is 1. The van der Waals surface area contributed by atoms with E-state index in [4.69, 9.17) is 9.47 Å². The highest BCUT2D eigenvalue weighted by molar-refractivity contribution is 9.09. The van der Waals surface area contributed by atoms with Gasteiger partial charge in [-0.1, -0.05) is 85.6 Å². The van der Waals surface area contributed by atoms with E-state index in [1.807, 2.05) is 51.1 Å².